The van der Waals surface area contributed by atoms with Gasteiger partial charge in [-0.1, -0.05) is 15.9 Å². The molecule has 1 amide bonds. The SMILES string of the molecule is CN(Cc1ccncc1)C(=O)c1ccc(Br)cc1. The van der Waals surface area contributed by atoms with Gasteiger partial charge in [0.05, 0.1) is 0 Å². The van der Waals surface area contributed by atoms with Crippen LogP contribution in [0.15, 0.2) is 53.3 Å². The maximum atomic E-state index is 12.2. The normalized spacial score (nSPS) is 10.1. The summed E-state index contributed by atoms with van der Waals surface area (Å²) in [5.74, 6) is 0.0133. The lowest BCUT2D eigenvalue weighted by Gasteiger charge is -2.17. The minimum absolute atomic E-state index is 0.0133. The highest BCUT2D eigenvalue weighted by Crippen LogP contribution is 2.13. The third-order valence-corrected chi connectivity index (χ3v) is 3.14. The molecule has 2 rings (SSSR count). The van der Waals surface area contributed by atoms with Gasteiger partial charge in [0.2, 0.25) is 0 Å². The van der Waals surface area contributed by atoms with Crippen molar-refractivity contribution < 1.29 is 4.79 Å². The smallest absolute Gasteiger partial charge is 0.253 e. The van der Waals surface area contributed by atoms with Gasteiger partial charge in [-0.15, -0.1) is 0 Å². The molecule has 92 valence electrons. The van der Waals surface area contributed by atoms with Crippen molar-refractivity contribution in [2.45, 2.75) is 6.54 Å². The van der Waals surface area contributed by atoms with Crippen molar-refractivity contribution >= 4 is 21.8 Å². The number of hydrogen-bond donors (Lipinski definition) is 0. The summed E-state index contributed by atoms with van der Waals surface area (Å²) in [6, 6.07) is 11.2. The number of aromatic nitrogens is 1. The molecule has 0 bridgehead atoms. The fourth-order valence-electron chi connectivity index (χ4n) is 1.65. The maximum Gasteiger partial charge on any atom is 0.253 e. The van der Waals surface area contributed by atoms with Crippen molar-refractivity contribution in [3.8, 4) is 0 Å². The summed E-state index contributed by atoms with van der Waals surface area (Å²) >= 11 is 3.35. The highest BCUT2D eigenvalue weighted by Gasteiger charge is 2.11. The second-order valence-electron chi connectivity index (χ2n) is 4.02. The Morgan fingerprint density at radius 2 is 1.78 bits per heavy atom. The van der Waals surface area contributed by atoms with E-state index >= 15 is 0 Å². The summed E-state index contributed by atoms with van der Waals surface area (Å²) in [6.45, 7) is 0.581. The Morgan fingerprint density at radius 1 is 1.17 bits per heavy atom. The molecule has 1 heterocycles. The molecule has 18 heavy (non-hydrogen) atoms. The molecule has 0 saturated carbocycles. The summed E-state index contributed by atoms with van der Waals surface area (Å²) in [4.78, 5) is 17.8. The molecule has 0 atom stereocenters. The molecular formula is C14H13BrN2O. The highest BCUT2D eigenvalue weighted by atomic mass is 79.9. The molecule has 0 fully saturated rings. The number of rotatable bonds is 3. The van der Waals surface area contributed by atoms with E-state index in [1.54, 1.807) is 24.3 Å². The molecule has 0 aliphatic carbocycles. The predicted molar refractivity (Wildman–Crippen MR) is 74.2 cm³/mol. The van der Waals surface area contributed by atoms with Crippen LogP contribution in [-0.2, 0) is 6.54 Å². The minimum atomic E-state index is 0.0133. The number of pyridine rings is 1. The molecular weight excluding hydrogens is 292 g/mol. The first-order chi connectivity index (χ1) is 8.66. The Hall–Kier alpha value is -1.68. The molecule has 0 spiro atoms. The largest absolute Gasteiger partial charge is 0.337 e. The van der Waals surface area contributed by atoms with Crippen LogP contribution in [0.4, 0.5) is 0 Å². The molecule has 0 saturated heterocycles. The molecule has 4 heteroatoms. The summed E-state index contributed by atoms with van der Waals surface area (Å²) in [7, 11) is 1.80. The average Bonchev–Trinajstić information content (AvgIpc) is 2.40. The molecule has 3 nitrogen and oxygen atoms in total. The van der Waals surface area contributed by atoms with Gasteiger partial charge >= 0.3 is 0 Å². The van der Waals surface area contributed by atoms with Gasteiger partial charge in [0.1, 0.15) is 0 Å². The lowest BCUT2D eigenvalue weighted by molar-refractivity contribution is 0.0785. The molecule has 0 aliphatic heterocycles. The van der Waals surface area contributed by atoms with E-state index in [4.69, 9.17) is 0 Å². The van der Waals surface area contributed by atoms with Gasteiger partial charge in [-0.25, -0.2) is 0 Å². The fraction of sp³-hybridized carbons (Fsp3) is 0.143. The minimum Gasteiger partial charge on any atom is -0.337 e. The first-order valence-corrected chi connectivity index (χ1v) is 6.36. The second-order valence-corrected chi connectivity index (χ2v) is 4.94. The van der Waals surface area contributed by atoms with Gasteiger partial charge in [0, 0.05) is 36.0 Å². The summed E-state index contributed by atoms with van der Waals surface area (Å²) in [6.07, 6.45) is 3.46. The van der Waals surface area contributed by atoms with Crippen molar-refractivity contribution in [1.82, 2.24) is 9.88 Å². The van der Waals surface area contributed by atoms with Crippen LogP contribution in [0.5, 0.6) is 0 Å². The van der Waals surface area contributed by atoms with E-state index in [0.717, 1.165) is 10.0 Å². The van der Waals surface area contributed by atoms with Gasteiger partial charge < -0.3 is 4.90 Å². The molecule has 0 radical (unpaired) electrons. The zero-order valence-electron chi connectivity index (χ0n) is 10.0. The van der Waals surface area contributed by atoms with Gasteiger partial charge in [-0.3, -0.25) is 9.78 Å². The van der Waals surface area contributed by atoms with Crippen molar-refractivity contribution in [2.24, 2.45) is 0 Å². The van der Waals surface area contributed by atoms with Crippen molar-refractivity contribution in [2.75, 3.05) is 7.05 Å². The number of hydrogen-bond acceptors (Lipinski definition) is 2. The lowest BCUT2D eigenvalue weighted by Crippen LogP contribution is -2.26. The Balaban J connectivity index is 2.07. The van der Waals surface area contributed by atoms with E-state index < -0.39 is 0 Å². The van der Waals surface area contributed by atoms with Crippen LogP contribution >= 0.6 is 15.9 Å². The van der Waals surface area contributed by atoms with Crippen molar-refractivity contribution in [1.29, 1.82) is 0 Å². The van der Waals surface area contributed by atoms with Crippen molar-refractivity contribution in [3.63, 3.8) is 0 Å². The topological polar surface area (TPSA) is 33.2 Å². The predicted octanol–water partition coefficient (Wildman–Crippen LogP) is 3.12. The Bertz CT molecular complexity index is 525. The molecule has 1 aromatic heterocycles. The number of benzene rings is 1. The monoisotopic (exact) mass is 304 g/mol. The average molecular weight is 305 g/mol. The Morgan fingerprint density at radius 3 is 2.39 bits per heavy atom. The number of carbonyl (C=O) groups excluding carboxylic acids is 1. The third-order valence-electron chi connectivity index (χ3n) is 2.61. The Labute approximate surface area is 115 Å². The van der Waals surface area contributed by atoms with E-state index in [1.807, 2.05) is 36.4 Å². The molecule has 0 unspecified atom stereocenters. The quantitative estimate of drug-likeness (QED) is 0.873. The standard InChI is InChI=1S/C14H13BrN2O/c1-17(10-11-6-8-16-9-7-11)14(18)12-2-4-13(15)5-3-12/h2-9H,10H2,1H3. The molecule has 0 N–H and O–H groups in total. The zero-order valence-corrected chi connectivity index (χ0v) is 11.6. The van der Waals surface area contributed by atoms with Crippen LogP contribution in [-0.4, -0.2) is 22.8 Å². The van der Waals surface area contributed by atoms with E-state index in [2.05, 4.69) is 20.9 Å². The number of nitrogens with zero attached hydrogens (tertiary/aromatic N) is 2. The first kappa shape index (κ1) is 12.8. The molecule has 0 aliphatic rings. The molecule has 2 aromatic rings. The van der Waals surface area contributed by atoms with Crippen molar-refractivity contribution in [3.05, 3.63) is 64.4 Å². The number of amides is 1. The number of halogens is 1. The van der Waals surface area contributed by atoms with Gasteiger partial charge in [0.25, 0.3) is 5.91 Å². The zero-order chi connectivity index (χ0) is 13.0. The lowest BCUT2D eigenvalue weighted by atomic mass is 10.2. The fourth-order valence-corrected chi connectivity index (χ4v) is 1.91. The summed E-state index contributed by atoms with van der Waals surface area (Å²) < 4.78 is 0.968. The first-order valence-electron chi connectivity index (χ1n) is 5.57. The van der Waals surface area contributed by atoms with Gasteiger partial charge in [0.15, 0.2) is 0 Å². The number of carbonyl (C=O) groups is 1. The third kappa shape index (κ3) is 3.17. The van der Waals surface area contributed by atoms with Crippen LogP contribution in [0, 0.1) is 0 Å². The van der Waals surface area contributed by atoms with E-state index in [0.29, 0.717) is 12.1 Å². The maximum absolute atomic E-state index is 12.2. The van der Waals surface area contributed by atoms with Gasteiger partial charge in [-0.2, -0.15) is 0 Å². The summed E-state index contributed by atoms with van der Waals surface area (Å²) in [5.41, 5.74) is 1.76. The van der Waals surface area contributed by atoms with Crippen LogP contribution < -0.4 is 0 Å². The van der Waals surface area contributed by atoms with E-state index in [1.165, 1.54) is 0 Å². The van der Waals surface area contributed by atoms with Crippen LogP contribution in [0.2, 0.25) is 0 Å². The highest BCUT2D eigenvalue weighted by molar-refractivity contribution is 9.10. The Kier molecular flexibility index (Phi) is 4.10. The van der Waals surface area contributed by atoms with Gasteiger partial charge in [-0.05, 0) is 42.0 Å². The van der Waals surface area contributed by atoms with E-state index in [9.17, 15) is 4.79 Å². The van der Waals surface area contributed by atoms with Crippen LogP contribution in [0.1, 0.15) is 15.9 Å². The van der Waals surface area contributed by atoms with Crippen LogP contribution in [0.3, 0.4) is 0 Å². The van der Waals surface area contributed by atoms with Crippen LogP contribution in [0.25, 0.3) is 0 Å². The van der Waals surface area contributed by atoms with E-state index in [-0.39, 0.29) is 5.91 Å². The molecule has 1 aromatic carbocycles. The second kappa shape index (κ2) is 5.78. The summed E-state index contributed by atoms with van der Waals surface area (Å²) in [5, 5.41) is 0.